The lowest BCUT2D eigenvalue weighted by molar-refractivity contribution is 0.535. The third-order valence-electron chi connectivity index (χ3n) is 3.66. The van der Waals surface area contributed by atoms with Crippen molar-refractivity contribution in [1.29, 1.82) is 0 Å². The fourth-order valence-electron chi connectivity index (χ4n) is 2.30. The quantitative estimate of drug-likeness (QED) is 0.590. The highest BCUT2D eigenvalue weighted by atomic mass is 79.9. The predicted molar refractivity (Wildman–Crippen MR) is 92.1 cm³/mol. The minimum Gasteiger partial charge on any atom is -0.126 e. The van der Waals surface area contributed by atoms with Crippen LogP contribution in [0.3, 0.4) is 0 Å². The molecule has 0 aliphatic rings. The van der Waals surface area contributed by atoms with Gasteiger partial charge in [-0.2, -0.15) is 0 Å². The number of aryl methyl sites for hydroxylation is 1. The highest BCUT2D eigenvalue weighted by Crippen LogP contribution is 2.34. The lowest BCUT2D eigenvalue weighted by atomic mass is 9.78. The molecule has 3 heteroatoms. The Morgan fingerprint density at radius 2 is 1.55 bits per heavy atom. The van der Waals surface area contributed by atoms with Gasteiger partial charge in [0.2, 0.25) is 0 Å². The normalized spacial score (nSPS) is 11.6. The van der Waals surface area contributed by atoms with Gasteiger partial charge in [0.25, 0.3) is 0 Å². The molecule has 0 atom stereocenters. The molecule has 0 aliphatic heterocycles. The fourth-order valence-corrected chi connectivity index (χ4v) is 3.51. The lowest BCUT2D eigenvalue weighted by Crippen LogP contribution is -2.33. The molecule has 106 valence electrons. The van der Waals surface area contributed by atoms with Crippen LogP contribution in [0.5, 0.6) is 0 Å². The summed E-state index contributed by atoms with van der Waals surface area (Å²) in [5.74, 6) is 1.00. The van der Waals surface area contributed by atoms with Crippen molar-refractivity contribution in [2.24, 2.45) is 0 Å². The third-order valence-corrected chi connectivity index (χ3v) is 5.46. The van der Waals surface area contributed by atoms with Gasteiger partial charge >= 0.3 is 0 Å². The van der Waals surface area contributed by atoms with Crippen molar-refractivity contribution < 1.29 is 0 Å². The molecule has 20 heavy (non-hydrogen) atoms. The number of rotatable bonds is 5. The first kappa shape index (κ1) is 15.9. The second-order valence-corrected chi connectivity index (χ2v) is 6.57. The van der Waals surface area contributed by atoms with Crippen LogP contribution in [-0.2, 0) is 11.8 Å². The average Bonchev–Trinajstić information content (AvgIpc) is 2.48. The first-order valence-electron chi connectivity index (χ1n) is 6.54. The summed E-state index contributed by atoms with van der Waals surface area (Å²) in [6.45, 7) is 2.08. The van der Waals surface area contributed by atoms with Crippen LogP contribution in [0, 0.1) is 6.92 Å². The van der Waals surface area contributed by atoms with Gasteiger partial charge in [-0.05, 0) is 30.5 Å². The maximum absolute atomic E-state index is 6.30. The minimum absolute atomic E-state index is 0.235. The largest absolute Gasteiger partial charge is 0.126 e. The van der Waals surface area contributed by atoms with Gasteiger partial charge in [0.05, 0.1) is 0 Å². The molecule has 2 rings (SSSR count). The molecular weight excluding hydrogens is 355 g/mol. The number of hydrogen-bond donors (Lipinski definition) is 0. The SMILES string of the molecule is Cc1ccc(C(CCl)(CCl)Cc2ccccc2Br)cc1. The molecule has 0 unspecified atom stereocenters. The predicted octanol–water partition coefficient (Wildman–Crippen LogP) is 5.72. The summed E-state index contributed by atoms with van der Waals surface area (Å²) in [4.78, 5) is 0. The summed E-state index contributed by atoms with van der Waals surface area (Å²) in [6, 6.07) is 16.7. The lowest BCUT2D eigenvalue weighted by Gasteiger charge is -2.31. The maximum atomic E-state index is 6.30. The number of benzene rings is 2. The van der Waals surface area contributed by atoms with Crippen molar-refractivity contribution in [2.75, 3.05) is 11.8 Å². The molecule has 0 bridgehead atoms. The summed E-state index contributed by atoms with van der Waals surface area (Å²) in [5.41, 5.74) is 3.44. The molecule has 0 N–H and O–H groups in total. The number of alkyl halides is 2. The van der Waals surface area contributed by atoms with Gasteiger partial charge in [0.15, 0.2) is 0 Å². The Morgan fingerprint density at radius 3 is 2.10 bits per heavy atom. The smallest absolute Gasteiger partial charge is 0.0335 e. The minimum atomic E-state index is -0.235. The van der Waals surface area contributed by atoms with Crippen LogP contribution in [0.15, 0.2) is 53.0 Å². The zero-order valence-electron chi connectivity index (χ0n) is 11.4. The van der Waals surface area contributed by atoms with Crippen LogP contribution in [-0.4, -0.2) is 11.8 Å². The van der Waals surface area contributed by atoms with E-state index in [1.807, 2.05) is 12.1 Å². The van der Waals surface area contributed by atoms with E-state index in [0.29, 0.717) is 11.8 Å². The van der Waals surface area contributed by atoms with Crippen LogP contribution in [0.4, 0.5) is 0 Å². The van der Waals surface area contributed by atoms with Gasteiger partial charge in [-0.25, -0.2) is 0 Å². The fraction of sp³-hybridized carbons (Fsp3) is 0.294. The Balaban J connectivity index is 2.39. The van der Waals surface area contributed by atoms with Crippen molar-refractivity contribution in [3.05, 3.63) is 69.7 Å². The van der Waals surface area contributed by atoms with Crippen molar-refractivity contribution >= 4 is 39.1 Å². The van der Waals surface area contributed by atoms with Crippen LogP contribution in [0.2, 0.25) is 0 Å². The van der Waals surface area contributed by atoms with Crippen LogP contribution >= 0.6 is 39.1 Å². The Bertz CT molecular complexity index is 559. The molecule has 2 aromatic carbocycles. The summed E-state index contributed by atoms with van der Waals surface area (Å²) in [6.07, 6.45) is 0.824. The zero-order chi connectivity index (χ0) is 14.6. The van der Waals surface area contributed by atoms with E-state index in [9.17, 15) is 0 Å². The second-order valence-electron chi connectivity index (χ2n) is 5.18. The first-order valence-corrected chi connectivity index (χ1v) is 8.40. The molecule has 0 fully saturated rings. The Morgan fingerprint density at radius 1 is 0.950 bits per heavy atom. The van der Waals surface area contributed by atoms with Crippen LogP contribution in [0.1, 0.15) is 16.7 Å². The molecule has 0 aliphatic carbocycles. The molecule has 0 saturated heterocycles. The average molecular weight is 372 g/mol. The zero-order valence-corrected chi connectivity index (χ0v) is 14.5. The van der Waals surface area contributed by atoms with Gasteiger partial charge in [-0.15, -0.1) is 23.2 Å². The van der Waals surface area contributed by atoms with E-state index in [4.69, 9.17) is 23.2 Å². The number of hydrogen-bond acceptors (Lipinski definition) is 0. The highest BCUT2D eigenvalue weighted by Gasteiger charge is 2.31. The van der Waals surface area contributed by atoms with Crippen LogP contribution < -0.4 is 0 Å². The van der Waals surface area contributed by atoms with E-state index in [1.54, 1.807) is 0 Å². The molecule has 0 radical (unpaired) electrons. The van der Waals surface area contributed by atoms with Crippen molar-refractivity contribution in [2.45, 2.75) is 18.8 Å². The van der Waals surface area contributed by atoms with E-state index in [-0.39, 0.29) is 5.41 Å². The molecule has 2 aromatic rings. The van der Waals surface area contributed by atoms with Gasteiger partial charge < -0.3 is 0 Å². The maximum Gasteiger partial charge on any atom is 0.0335 e. The Hall–Kier alpha value is -0.500. The number of halogens is 3. The van der Waals surface area contributed by atoms with Gasteiger partial charge in [-0.1, -0.05) is 64.0 Å². The monoisotopic (exact) mass is 370 g/mol. The summed E-state index contributed by atoms with van der Waals surface area (Å²) >= 11 is 16.2. The van der Waals surface area contributed by atoms with Crippen LogP contribution in [0.25, 0.3) is 0 Å². The van der Waals surface area contributed by atoms with Gasteiger partial charge in [0, 0.05) is 21.6 Å². The van der Waals surface area contributed by atoms with Crippen molar-refractivity contribution in [3.8, 4) is 0 Å². The Kier molecular flexibility index (Phi) is 5.54. The molecule has 0 nitrogen and oxygen atoms in total. The third kappa shape index (κ3) is 3.39. The van der Waals surface area contributed by atoms with E-state index in [2.05, 4.69) is 59.3 Å². The molecule has 0 saturated carbocycles. The summed E-state index contributed by atoms with van der Waals surface area (Å²) < 4.78 is 1.10. The molecule has 0 amide bonds. The second kappa shape index (κ2) is 6.98. The highest BCUT2D eigenvalue weighted by molar-refractivity contribution is 9.10. The summed E-state index contributed by atoms with van der Waals surface area (Å²) in [7, 11) is 0. The van der Waals surface area contributed by atoms with E-state index < -0.39 is 0 Å². The Labute approximate surface area is 139 Å². The molecule has 0 aromatic heterocycles. The van der Waals surface area contributed by atoms with E-state index in [1.165, 1.54) is 16.7 Å². The van der Waals surface area contributed by atoms with E-state index >= 15 is 0 Å². The summed E-state index contributed by atoms with van der Waals surface area (Å²) in [5, 5.41) is 0. The molecule has 0 spiro atoms. The van der Waals surface area contributed by atoms with Crippen molar-refractivity contribution in [3.63, 3.8) is 0 Å². The molecular formula is C17H17BrCl2. The standard InChI is InChI=1S/C17H17BrCl2/c1-13-6-8-15(9-7-13)17(11-19,12-20)10-14-4-2-3-5-16(14)18/h2-9H,10-12H2,1H3. The topological polar surface area (TPSA) is 0 Å². The van der Waals surface area contributed by atoms with Gasteiger partial charge in [-0.3, -0.25) is 0 Å². The first-order chi connectivity index (χ1) is 9.61. The molecule has 0 heterocycles. The van der Waals surface area contributed by atoms with E-state index in [0.717, 1.165) is 10.9 Å². The van der Waals surface area contributed by atoms with Crippen molar-refractivity contribution in [1.82, 2.24) is 0 Å². The van der Waals surface area contributed by atoms with Gasteiger partial charge in [0.1, 0.15) is 0 Å².